The van der Waals surface area contributed by atoms with Crippen LogP contribution in [0.4, 0.5) is 0 Å². The molecule has 0 aromatic heterocycles. The summed E-state index contributed by atoms with van der Waals surface area (Å²) in [6.07, 6.45) is 16.6. The topological polar surface area (TPSA) is 49.7 Å². The first-order valence-electron chi connectivity index (χ1n) is 14.4. The van der Waals surface area contributed by atoms with E-state index < -0.39 is 12.2 Å². The Bertz CT molecular complexity index is 935. The molecule has 200 valence electrons. The lowest BCUT2D eigenvalue weighted by Crippen LogP contribution is -2.37. The third-order valence-electron chi connectivity index (χ3n) is 10.1. The molecule has 4 aliphatic carbocycles. The smallest absolute Gasteiger partial charge is 0.0811 e. The zero-order chi connectivity index (χ0) is 26.1. The zero-order valence-corrected chi connectivity index (χ0v) is 23.3. The van der Waals surface area contributed by atoms with Crippen LogP contribution in [-0.2, 0) is 4.74 Å². The number of hydrogen-bond acceptors (Lipinski definition) is 3. The third-order valence-corrected chi connectivity index (χ3v) is 10.1. The van der Waals surface area contributed by atoms with Crippen molar-refractivity contribution in [3.8, 4) is 0 Å². The lowest BCUT2D eigenvalue weighted by atomic mass is 9.61. The monoisotopic (exact) mass is 494 g/mol. The minimum absolute atomic E-state index is 0.219. The van der Waals surface area contributed by atoms with Crippen LogP contribution < -0.4 is 0 Å². The van der Waals surface area contributed by atoms with Gasteiger partial charge in [0.15, 0.2) is 0 Å². The van der Waals surface area contributed by atoms with Crippen LogP contribution in [0.3, 0.4) is 0 Å². The summed E-state index contributed by atoms with van der Waals surface area (Å²) in [5.74, 6) is 1.82. The summed E-state index contributed by atoms with van der Waals surface area (Å²) in [4.78, 5) is 0. The predicted molar refractivity (Wildman–Crippen MR) is 150 cm³/mol. The maximum atomic E-state index is 10.2. The molecule has 0 amide bonds. The molecular formula is C33H50O3. The predicted octanol–water partition coefficient (Wildman–Crippen LogP) is 7.47. The largest absolute Gasteiger partial charge is 0.393 e. The van der Waals surface area contributed by atoms with Gasteiger partial charge in [-0.3, -0.25) is 0 Å². The van der Waals surface area contributed by atoms with Gasteiger partial charge in [0, 0.05) is 13.0 Å². The summed E-state index contributed by atoms with van der Waals surface area (Å²) in [6, 6.07) is 0. The first kappa shape index (κ1) is 27.6. The van der Waals surface area contributed by atoms with Crippen LogP contribution in [0.15, 0.2) is 59.3 Å². The molecule has 0 radical (unpaired) electrons. The first-order valence-corrected chi connectivity index (χ1v) is 14.4. The lowest BCUT2D eigenvalue weighted by Gasteiger charge is -2.44. The Labute approximate surface area is 220 Å². The molecule has 0 saturated heterocycles. The Balaban J connectivity index is 1.37. The van der Waals surface area contributed by atoms with Crippen molar-refractivity contribution in [2.24, 2.45) is 28.6 Å². The van der Waals surface area contributed by atoms with Crippen LogP contribution in [0, 0.1) is 28.6 Å². The first-order chi connectivity index (χ1) is 17.0. The Morgan fingerprint density at radius 2 is 1.94 bits per heavy atom. The van der Waals surface area contributed by atoms with Crippen molar-refractivity contribution in [2.45, 2.75) is 104 Å². The molecule has 36 heavy (non-hydrogen) atoms. The highest BCUT2D eigenvalue weighted by Crippen LogP contribution is 2.59. The molecule has 0 spiro atoms. The summed E-state index contributed by atoms with van der Waals surface area (Å²) in [6.45, 7) is 19.5. The fourth-order valence-corrected chi connectivity index (χ4v) is 8.07. The summed E-state index contributed by atoms with van der Waals surface area (Å²) in [5.41, 5.74) is 6.45. The van der Waals surface area contributed by atoms with Gasteiger partial charge < -0.3 is 14.9 Å². The van der Waals surface area contributed by atoms with E-state index in [1.54, 1.807) is 5.57 Å². The third kappa shape index (κ3) is 5.69. The quantitative estimate of drug-likeness (QED) is 0.386. The molecule has 0 heterocycles. The van der Waals surface area contributed by atoms with Gasteiger partial charge in [0.2, 0.25) is 0 Å². The molecular weight excluding hydrogens is 444 g/mol. The van der Waals surface area contributed by atoms with E-state index in [0.29, 0.717) is 42.6 Å². The zero-order valence-electron chi connectivity index (χ0n) is 23.3. The van der Waals surface area contributed by atoms with Crippen LogP contribution in [0.2, 0.25) is 0 Å². The number of aliphatic hydroxyl groups excluding tert-OH is 2. The van der Waals surface area contributed by atoms with Crippen LogP contribution in [-0.4, -0.2) is 35.6 Å². The summed E-state index contributed by atoms with van der Waals surface area (Å²) in [5, 5.41) is 20.3. The maximum Gasteiger partial charge on any atom is 0.0811 e. The van der Waals surface area contributed by atoms with Gasteiger partial charge >= 0.3 is 0 Å². The Morgan fingerprint density at radius 3 is 2.69 bits per heavy atom. The average Bonchev–Trinajstić information content (AvgIpc) is 3.17. The van der Waals surface area contributed by atoms with Gasteiger partial charge in [0.05, 0.1) is 18.8 Å². The minimum Gasteiger partial charge on any atom is -0.393 e. The van der Waals surface area contributed by atoms with E-state index in [0.717, 1.165) is 36.2 Å². The standard InChI is InChI=1S/C33H50O3/c1-22(28-11-7-8-16-32(28,4)5)20-36-21-23(2)29-14-15-30-25(10-9-17-33(29,30)6)12-13-26-18-27(34)19-31(35)24(26)3/h11-13,23,27,29-31,34-35H,1,3,7-10,14-21H2,2,4-6H3/b25-12+,26-13-/t23-,27-,29-,30+,31+,33-/m1/s1. The van der Waals surface area contributed by atoms with Crippen molar-refractivity contribution in [3.63, 3.8) is 0 Å². The molecule has 0 aromatic rings. The molecule has 3 nitrogen and oxygen atoms in total. The molecule has 0 bridgehead atoms. The number of rotatable bonds is 7. The number of hydrogen-bond donors (Lipinski definition) is 2. The molecule has 4 rings (SSSR count). The van der Waals surface area contributed by atoms with Crippen LogP contribution in [0.1, 0.15) is 91.9 Å². The average molecular weight is 495 g/mol. The molecule has 4 aliphatic rings. The summed E-state index contributed by atoms with van der Waals surface area (Å²) >= 11 is 0. The van der Waals surface area contributed by atoms with E-state index in [1.165, 1.54) is 44.1 Å². The van der Waals surface area contributed by atoms with E-state index in [1.807, 2.05) is 0 Å². The minimum atomic E-state index is -0.622. The number of allylic oxidation sites excluding steroid dienone is 4. The van der Waals surface area contributed by atoms with Crippen molar-refractivity contribution >= 4 is 0 Å². The molecule has 3 saturated carbocycles. The van der Waals surface area contributed by atoms with E-state index in [4.69, 9.17) is 4.74 Å². The normalized spacial score (nSPS) is 37.6. The van der Waals surface area contributed by atoms with Gasteiger partial charge in [0.25, 0.3) is 0 Å². The molecule has 3 heteroatoms. The van der Waals surface area contributed by atoms with E-state index in [2.05, 4.69) is 59.1 Å². The highest BCUT2D eigenvalue weighted by atomic mass is 16.5. The fourth-order valence-electron chi connectivity index (χ4n) is 8.07. The van der Waals surface area contributed by atoms with Crippen molar-refractivity contribution in [2.75, 3.05) is 13.2 Å². The van der Waals surface area contributed by atoms with Crippen molar-refractivity contribution in [1.82, 2.24) is 0 Å². The Morgan fingerprint density at radius 1 is 1.17 bits per heavy atom. The molecule has 0 aliphatic heterocycles. The van der Waals surface area contributed by atoms with Gasteiger partial charge in [-0.1, -0.05) is 64.7 Å². The number of aliphatic hydroxyl groups is 2. The van der Waals surface area contributed by atoms with E-state index in [-0.39, 0.29) is 5.41 Å². The molecule has 0 aromatic carbocycles. The van der Waals surface area contributed by atoms with Crippen LogP contribution in [0.5, 0.6) is 0 Å². The number of fused-ring (bicyclic) bond motifs is 1. The van der Waals surface area contributed by atoms with Crippen molar-refractivity contribution in [3.05, 3.63) is 59.3 Å². The number of ether oxygens (including phenoxy) is 1. The Hall–Kier alpha value is -1.42. The molecule has 0 unspecified atom stereocenters. The molecule has 3 fully saturated rings. The van der Waals surface area contributed by atoms with Crippen molar-refractivity contribution < 1.29 is 14.9 Å². The highest BCUT2D eigenvalue weighted by Gasteiger charge is 2.50. The van der Waals surface area contributed by atoms with Gasteiger partial charge in [0.1, 0.15) is 0 Å². The van der Waals surface area contributed by atoms with Gasteiger partial charge in [-0.25, -0.2) is 0 Å². The SMILES string of the molecule is C=C(COC[C@@H](C)[C@H]1CC[C@H]2/C(=C/C=C3/C[C@@H](O)C[C@H](O)C3=C)CCC[C@]12C)C1=CCCCC1(C)C. The molecule has 6 atom stereocenters. The van der Waals surface area contributed by atoms with Gasteiger partial charge in [-0.2, -0.15) is 0 Å². The van der Waals surface area contributed by atoms with Crippen LogP contribution >= 0.6 is 0 Å². The molecule has 2 N–H and O–H groups in total. The second-order valence-electron chi connectivity index (χ2n) is 13.2. The van der Waals surface area contributed by atoms with Gasteiger partial charge in [-0.15, -0.1) is 0 Å². The second-order valence-corrected chi connectivity index (χ2v) is 13.2. The maximum absolute atomic E-state index is 10.2. The van der Waals surface area contributed by atoms with Crippen LogP contribution in [0.25, 0.3) is 0 Å². The Kier molecular flexibility index (Phi) is 8.54. The van der Waals surface area contributed by atoms with Crippen molar-refractivity contribution in [1.29, 1.82) is 0 Å². The summed E-state index contributed by atoms with van der Waals surface area (Å²) < 4.78 is 6.30. The van der Waals surface area contributed by atoms with E-state index in [9.17, 15) is 10.2 Å². The van der Waals surface area contributed by atoms with E-state index >= 15 is 0 Å². The summed E-state index contributed by atoms with van der Waals surface area (Å²) in [7, 11) is 0. The van der Waals surface area contributed by atoms with Gasteiger partial charge in [-0.05, 0) is 109 Å². The lowest BCUT2D eigenvalue weighted by molar-refractivity contribution is 0.0412. The highest BCUT2D eigenvalue weighted by molar-refractivity contribution is 5.39. The second kappa shape index (κ2) is 11.1. The fraction of sp³-hybridized carbons (Fsp3) is 0.697.